The van der Waals surface area contributed by atoms with Crippen molar-refractivity contribution in [2.45, 2.75) is 26.3 Å². The number of nitrogen functional groups attached to an aromatic ring is 1. The van der Waals surface area contributed by atoms with Crippen molar-refractivity contribution in [1.82, 2.24) is 14.5 Å². The van der Waals surface area contributed by atoms with E-state index in [1.165, 1.54) is 0 Å². The Bertz CT molecular complexity index is 604. The number of rotatable bonds is 5. The SMILES string of the molecule is CC(C)n1cc(N)cc1C(=O)N(C)CCc1ccccn1. The van der Waals surface area contributed by atoms with E-state index < -0.39 is 0 Å². The first kappa shape index (κ1) is 15.1. The van der Waals surface area contributed by atoms with Gasteiger partial charge in [0.05, 0.1) is 5.69 Å². The molecule has 0 aliphatic carbocycles. The molecule has 0 saturated heterocycles. The fraction of sp³-hybridized carbons (Fsp3) is 0.375. The summed E-state index contributed by atoms with van der Waals surface area (Å²) in [6, 6.07) is 7.74. The minimum atomic E-state index is -0.0173. The Hall–Kier alpha value is -2.30. The molecule has 2 aromatic rings. The Balaban J connectivity index is 2.06. The Morgan fingerprint density at radius 2 is 2.19 bits per heavy atom. The van der Waals surface area contributed by atoms with Gasteiger partial charge in [-0.05, 0) is 32.0 Å². The summed E-state index contributed by atoms with van der Waals surface area (Å²) in [4.78, 5) is 18.5. The zero-order chi connectivity index (χ0) is 15.4. The van der Waals surface area contributed by atoms with Gasteiger partial charge in [-0.3, -0.25) is 9.78 Å². The lowest BCUT2D eigenvalue weighted by molar-refractivity contribution is 0.0784. The lowest BCUT2D eigenvalue weighted by Gasteiger charge is -2.19. The normalized spacial score (nSPS) is 10.9. The molecule has 2 aromatic heterocycles. The van der Waals surface area contributed by atoms with E-state index in [-0.39, 0.29) is 11.9 Å². The molecule has 0 bridgehead atoms. The Morgan fingerprint density at radius 1 is 1.43 bits per heavy atom. The molecule has 1 amide bonds. The molecule has 2 heterocycles. The highest BCUT2D eigenvalue weighted by molar-refractivity contribution is 5.93. The van der Waals surface area contributed by atoms with E-state index in [1.54, 1.807) is 24.2 Å². The van der Waals surface area contributed by atoms with Crippen molar-refractivity contribution in [3.05, 3.63) is 48.0 Å². The Labute approximate surface area is 125 Å². The van der Waals surface area contributed by atoms with Gasteiger partial charge in [0.15, 0.2) is 0 Å². The third kappa shape index (κ3) is 3.62. The molecule has 0 aromatic carbocycles. The van der Waals surface area contributed by atoms with E-state index in [4.69, 9.17) is 5.73 Å². The van der Waals surface area contributed by atoms with Gasteiger partial charge in [0.1, 0.15) is 5.69 Å². The number of likely N-dealkylation sites (N-methyl/N-ethyl adjacent to an activating group) is 1. The van der Waals surface area contributed by atoms with Crippen LogP contribution in [0.25, 0.3) is 0 Å². The fourth-order valence-corrected chi connectivity index (χ4v) is 2.22. The van der Waals surface area contributed by atoms with E-state index in [9.17, 15) is 4.79 Å². The number of anilines is 1. The molecule has 0 fully saturated rings. The number of hydrogen-bond donors (Lipinski definition) is 1. The maximum atomic E-state index is 12.5. The molecule has 21 heavy (non-hydrogen) atoms. The highest BCUT2D eigenvalue weighted by Crippen LogP contribution is 2.18. The lowest BCUT2D eigenvalue weighted by Crippen LogP contribution is -2.31. The molecule has 5 nitrogen and oxygen atoms in total. The highest BCUT2D eigenvalue weighted by atomic mass is 16.2. The van der Waals surface area contributed by atoms with Crippen molar-refractivity contribution in [1.29, 1.82) is 0 Å². The van der Waals surface area contributed by atoms with Crippen LogP contribution in [0.5, 0.6) is 0 Å². The third-order valence-corrected chi connectivity index (χ3v) is 3.42. The first-order valence-corrected chi connectivity index (χ1v) is 7.11. The number of carbonyl (C=O) groups is 1. The molecule has 0 spiro atoms. The monoisotopic (exact) mass is 286 g/mol. The summed E-state index contributed by atoms with van der Waals surface area (Å²) in [5.74, 6) is -0.0173. The van der Waals surface area contributed by atoms with Gasteiger partial charge >= 0.3 is 0 Å². The molecule has 0 atom stereocenters. The molecular weight excluding hydrogens is 264 g/mol. The summed E-state index contributed by atoms with van der Waals surface area (Å²) in [5, 5.41) is 0. The van der Waals surface area contributed by atoms with Crippen LogP contribution in [0.1, 0.15) is 36.1 Å². The summed E-state index contributed by atoms with van der Waals surface area (Å²) in [6.45, 7) is 4.69. The third-order valence-electron chi connectivity index (χ3n) is 3.42. The molecule has 0 aliphatic heterocycles. The second kappa shape index (κ2) is 6.43. The van der Waals surface area contributed by atoms with E-state index in [2.05, 4.69) is 4.98 Å². The van der Waals surface area contributed by atoms with Crippen LogP contribution in [0.3, 0.4) is 0 Å². The zero-order valence-electron chi connectivity index (χ0n) is 12.8. The van der Waals surface area contributed by atoms with Gasteiger partial charge < -0.3 is 15.2 Å². The van der Waals surface area contributed by atoms with Gasteiger partial charge in [-0.15, -0.1) is 0 Å². The van der Waals surface area contributed by atoms with Gasteiger partial charge in [0.2, 0.25) is 0 Å². The number of nitrogens with zero attached hydrogens (tertiary/aromatic N) is 3. The fourth-order valence-electron chi connectivity index (χ4n) is 2.22. The van der Waals surface area contributed by atoms with Crippen molar-refractivity contribution >= 4 is 11.6 Å². The van der Waals surface area contributed by atoms with Crippen LogP contribution in [-0.2, 0) is 6.42 Å². The standard InChI is InChI=1S/C16H22N4O/c1-12(2)20-11-13(17)10-15(20)16(21)19(3)9-7-14-6-4-5-8-18-14/h4-6,8,10-12H,7,9,17H2,1-3H3. The van der Waals surface area contributed by atoms with E-state index in [0.717, 1.165) is 12.1 Å². The van der Waals surface area contributed by atoms with Crippen LogP contribution in [0.15, 0.2) is 36.7 Å². The molecule has 0 saturated carbocycles. The second-order valence-corrected chi connectivity index (χ2v) is 5.46. The predicted molar refractivity (Wildman–Crippen MR) is 84.1 cm³/mol. The van der Waals surface area contributed by atoms with Gasteiger partial charge in [-0.1, -0.05) is 6.07 Å². The van der Waals surface area contributed by atoms with Crippen LogP contribution in [0.4, 0.5) is 5.69 Å². The predicted octanol–water partition coefficient (Wildman–Crippen LogP) is 2.36. The minimum absolute atomic E-state index is 0.0173. The van der Waals surface area contributed by atoms with Crippen molar-refractivity contribution in [3.63, 3.8) is 0 Å². The molecule has 0 radical (unpaired) electrons. The summed E-state index contributed by atoms with van der Waals surface area (Å²) >= 11 is 0. The molecule has 2 rings (SSSR count). The largest absolute Gasteiger partial charge is 0.397 e. The number of pyridine rings is 1. The maximum Gasteiger partial charge on any atom is 0.270 e. The summed E-state index contributed by atoms with van der Waals surface area (Å²) in [5.41, 5.74) is 8.05. The summed E-state index contributed by atoms with van der Waals surface area (Å²) in [6.07, 6.45) is 4.31. The van der Waals surface area contributed by atoms with Gasteiger partial charge in [-0.25, -0.2) is 0 Å². The van der Waals surface area contributed by atoms with Gasteiger partial charge in [0.25, 0.3) is 5.91 Å². The average Bonchev–Trinajstić information content (AvgIpc) is 2.87. The number of hydrogen-bond acceptors (Lipinski definition) is 3. The van der Waals surface area contributed by atoms with Crippen LogP contribution in [0.2, 0.25) is 0 Å². The smallest absolute Gasteiger partial charge is 0.270 e. The Kier molecular flexibility index (Phi) is 4.62. The van der Waals surface area contributed by atoms with Crippen molar-refractivity contribution in [2.24, 2.45) is 0 Å². The van der Waals surface area contributed by atoms with Crippen LogP contribution in [0, 0.1) is 0 Å². The maximum absolute atomic E-state index is 12.5. The molecule has 112 valence electrons. The summed E-state index contributed by atoms with van der Waals surface area (Å²) in [7, 11) is 1.80. The molecule has 0 unspecified atom stereocenters. The lowest BCUT2D eigenvalue weighted by atomic mass is 10.2. The van der Waals surface area contributed by atoms with Gasteiger partial charge in [0, 0.05) is 44.1 Å². The van der Waals surface area contributed by atoms with Gasteiger partial charge in [-0.2, -0.15) is 0 Å². The number of amides is 1. The first-order chi connectivity index (χ1) is 9.99. The topological polar surface area (TPSA) is 64.2 Å². The minimum Gasteiger partial charge on any atom is -0.397 e. The highest BCUT2D eigenvalue weighted by Gasteiger charge is 2.18. The van der Waals surface area contributed by atoms with Crippen LogP contribution >= 0.6 is 0 Å². The first-order valence-electron chi connectivity index (χ1n) is 7.11. The van der Waals surface area contributed by atoms with Crippen LogP contribution < -0.4 is 5.73 Å². The molecular formula is C16H22N4O. The number of carbonyl (C=O) groups excluding carboxylic acids is 1. The molecule has 5 heteroatoms. The zero-order valence-corrected chi connectivity index (χ0v) is 12.8. The second-order valence-electron chi connectivity index (χ2n) is 5.46. The van der Waals surface area contributed by atoms with Crippen molar-refractivity contribution in [2.75, 3.05) is 19.3 Å². The summed E-state index contributed by atoms with van der Waals surface area (Å²) < 4.78 is 1.91. The molecule has 0 aliphatic rings. The molecule has 2 N–H and O–H groups in total. The van der Waals surface area contributed by atoms with E-state index in [1.807, 2.05) is 42.8 Å². The van der Waals surface area contributed by atoms with Crippen molar-refractivity contribution < 1.29 is 4.79 Å². The quantitative estimate of drug-likeness (QED) is 0.917. The van der Waals surface area contributed by atoms with E-state index >= 15 is 0 Å². The number of nitrogens with two attached hydrogens (primary N) is 1. The van der Waals surface area contributed by atoms with Crippen molar-refractivity contribution in [3.8, 4) is 0 Å². The van der Waals surface area contributed by atoms with Crippen LogP contribution in [-0.4, -0.2) is 34.0 Å². The Morgan fingerprint density at radius 3 is 2.81 bits per heavy atom. The number of aromatic nitrogens is 2. The average molecular weight is 286 g/mol. The van der Waals surface area contributed by atoms with E-state index in [0.29, 0.717) is 17.9 Å².